The quantitative estimate of drug-likeness (QED) is 0.784. The fraction of sp³-hybridized carbons (Fsp3) is 0.750. The summed E-state index contributed by atoms with van der Waals surface area (Å²) < 4.78 is 1.56. The first-order valence-electron chi connectivity index (χ1n) is 7.69. The molecule has 3 atom stereocenters. The average Bonchev–Trinajstić information content (AvgIpc) is 2.75. The molecule has 1 N–H and O–H groups in total. The van der Waals surface area contributed by atoms with Crippen LogP contribution in [0.2, 0.25) is 8.67 Å². The molecule has 0 radical (unpaired) electrons. The molecule has 0 spiro atoms. The summed E-state index contributed by atoms with van der Waals surface area (Å²) in [6.45, 7) is 5.53. The van der Waals surface area contributed by atoms with Crippen LogP contribution in [0.25, 0.3) is 0 Å². The highest BCUT2D eigenvalue weighted by Crippen LogP contribution is 2.37. The highest BCUT2D eigenvalue weighted by Gasteiger charge is 2.37. The number of hydrogen-bond donors (Lipinski definition) is 1. The Morgan fingerprint density at radius 3 is 2.71 bits per heavy atom. The van der Waals surface area contributed by atoms with Gasteiger partial charge in [0.15, 0.2) is 0 Å². The highest BCUT2D eigenvalue weighted by atomic mass is 35.5. The Bertz CT molecular complexity index is 475. The predicted molar refractivity (Wildman–Crippen MR) is 94.8 cm³/mol. The van der Waals surface area contributed by atoms with Crippen molar-refractivity contribution in [2.45, 2.75) is 51.1 Å². The monoisotopic (exact) mass is 348 g/mol. The van der Waals surface area contributed by atoms with Crippen LogP contribution in [0, 0.1) is 5.92 Å². The second kappa shape index (κ2) is 7.18. The van der Waals surface area contributed by atoms with E-state index >= 15 is 0 Å². The number of nitrogens with zero attached hydrogens (tertiary/aromatic N) is 1. The molecule has 1 aromatic heterocycles. The van der Waals surface area contributed by atoms with Gasteiger partial charge in [0.05, 0.1) is 8.67 Å². The summed E-state index contributed by atoms with van der Waals surface area (Å²) in [4.78, 5) is 2.41. The Morgan fingerprint density at radius 1 is 1.48 bits per heavy atom. The molecule has 0 aromatic carbocycles. The van der Waals surface area contributed by atoms with Crippen molar-refractivity contribution in [2.75, 3.05) is 20.6 Å². The minimum Gasteiger partial charge on any atom is -0.308 e. The molecule has 2 rings (SSSR count). The first-order chi connectivity index (χ1) is 9.84. The molecular weight excluding hydrogens is 323 g/mol. The van der Waals surface area contributed by atoms with Crippen LogP contribution in [0.4, 0.5) is 0 Å². The number of rotatable bonds is 5. The minimum atomic E-state index is 0.232. The molecule has 1 aliphatic carbocycles. The molecule has 0 amide bonds. The molecule has 1 aliphatic rings. The number of thiophene rings is 1. The zero-order valence-corrected chi connectivity index (χ0v) is 15.7. The summed E-state index contributed by atoms with van der Waals surface area (Å²) >= 11 is 13.8. The van der Waals surface area contributed by atoms with Gasteiger partial charge in [-0.1, -0.05) is 43.0 Å². The molecule has 1 heterocycles. The van der Waals surface area contributed by atoms with Crippen LogP contribution < -0.4 is 5.32 Å². The lowest BCUT2D eigenvalue weighted by Crippen LogP contribution is -2.54. The van der Waals surface area contributed by atoms with Crippen LogP contribution in [0.15, 0.2) is 6.07 Å². The van der Waals surface area contributed by atoms with E-state index in [9.17, 15) is 0 Å². The van der Waals surface area contributed by atoms with Crippen molar-refractivity contribution < 1.29 is 0 Å². The molecule has 5 heteroatoms. The molecule has 3 unspecified atom stereocenters. The van der Waals surface area contributed by atoms with E-state index in [0.29, 0.717) is 0 Å². The zero-order valence-electron chi connectivity index (χ0n) is 13.4. The summed E-state index contributed by atoms with van der Waals surface area (Å²) in [7, 11) is 4.41. The second-order valence-electron chi connectivity index (χ2n) is 6.70. The molecule has 1 fully saturated rings. The maximum absolute atomic E-state index is 6.27. The van der Waals surface area contributed by atoms with E-state index in [4.69, 9.17) is 23.2 Å². The fourth-order valence-electron chi connectivity index (χ4n) is 3.46. The van der Waals surface area contributed by atoms with Crippen molar-refractivity contribution in [1.29, 1.82) is 0 Å². The Kier molecular flexibility index (Phi) is 6.00. The van der Waals surface area contributed by atoms with Crippen molar-refractivity contribution >= 4 is 34.5 Å². The molecule has 1 saturated carbocycles. The summed E-state index contributed by atoms with van der Waals surface area (Å²) in [6.07, 6.45) is 5.21. The maximum Gasteiger partial charge on any atom is 0.0991 e. The van der Waals surface area contributed by atoms with E-state index in [1.165, 1.54) is 37.0 Å². The first kappa shape index (κ1) is 17.6. The second-order valence-corrected chi connectivity index (χ2v) is 8.99. The van der Waals surface area contributed by atoms with Gasteiger partial charge in [0.25, 0.3) is 0 Å². The third kappa shape index (κ3) is 4.14. The number of hydrogen-bond acceptors (Lipinski definition) is 3. The van der Waals surface area contributed by atoms with E-state index in [1.807, 2.05) is 6.07 Å². The standard InChI is InChI=1S/C16H26Cl2N2S/c1-11-6-5-7-16(9-11,20(3)4)10-19-12(2)13-8-14(17)21-15(13)18/h8,11-12,19H,5-7,9-10H2,1-4H3. The van der Waals surface area contributed by atoms with Gasteiger partial charge < -0.3 is 10.2 Å². The Balaban J connectivity index is 2.03. The summed E-state index contributed by atoms with van der Waals surface area (Å²) in [5.41, 5.74) is 1.38. The molecule has 0 aliphatic heterocycles. The number of likely N-dealkylation sites (N-methyl/N-ethyl adjacent to an activating group) is 1. The smallest absolute Gasteiger partial charge is 0.0991 e. The van der Waals surface area contributed by atoms with E-state index in [1.54, 1.807) is 0 Å². The van der Waals surface area contributed by atoms with Crippen LogP contribution in [-0.4, -0.2) is 31.1 Å². The molecule has 21 heavy (non-hydrogen) atoms. The topological polar surface area (TPSA) is 15.3 Å². The van der Waals surface area contributed by atoms with Gasteiger partial charge in [0.1, 0.15) is 0 Å². The SMILES string of the molecule is CC1CCCC(CNC(C)c2cc(Cl)sc2Cl)(N(C)C)C1. The first-order valence-corrected chi connectivity index (χ1v) is 9.27. The molecule has 2 nitrogen and oxygen atoms in total. The van der Waals surface area contributed by atoms with Crippen molar-refractivity contribution in [3.05, 3.63) is 20.3 Å². The van der Waals surface area contributed by atoms with E-state index in [0.717, 1.165) is 26.7 Å². The Labute approximate surface area is 142 Å². The van der Waals surface area contributed by atoms with Gasteiger partial charge in [-0.2, -0.15) is 0 Å². The summed E-state index contributed by atoms with van der Waals surface area (Å²) in [5, 5.41) is 3.69. The summed E-state index contributed by atoms with van der Waals surface area (Å²) in [6, 6.07) is 2.22. The Morgan fingerprint density at radius 2 is 2.19 bits per heavy atom. The van der Waals surface area contributed by atoms with Gasteiger partial charge in [-0.25, -0.2) is 0 Å². The predicted octanol–water partition coefficient (Wildman–Crippen LogP) is 5.22. The van der Waals surface area contributed by atoms with Crippen molar-refractivity contribution in [3.8, 4) is 0 Å². The summed E-state index contributed by atoms with van der Waals surface area (Å²) in [5.74, 6) is 0.803. The van der Waals surface area contributed by atoms with Gasteiger partial charge in [-0.15, -0.1) is 11.3 Å². The van der Waals surface area contributed by atoms with Crippen LogP contribution in [0.3, 0.4) is 0 Å². The maximum atomic E-state index is 6.27. The lowest BCUT2D eigenvalue weighted by atomic mass is 9.75. The molecular formula is C16H26Cl2N2S. The van der Waals surface area contributed by atoms with Gasteiger partial charge in [-0.05, 0) is 51.4 Å². The molecule has 0 bridgehead atoms. The fourth-order valence-corrected chi connectivity index (χ4v) is 5.10. The van der Waals surface area contributed by atoms with Gasteiger partial charge in [-0.3, -0.25) is 0 Å². The molecule has 1 aromatic rings. The molecule has 0 saturated heterocycles. The average molecular weight is 349 g/mol. The van der Waals surface area contributed by atoms with Crippen molar-refractivity contribution in [2.24, 2.45) is 5.92 Å². The van der Waals surface area contributed by atoms with Crippen LogP contribution in [0.5, 0.6) is 0 Å². The largest absolute Gasteiger partial charge is 0.308 e. The lowest BCUT2D eigenvalue weighted by molar-refractivity contribution is 0.0728. The van der Waals surface area contributed by atoms with Crippen molar-refractivity contribution in [3.63, 3.8) is 0 Å². The van der Waals surface area contributed by atoms with Crippen molar-refractivity contribution in [1.82, 2.24) is 10.2 Å². The third-order valence-electron chi connectivity index (χ3n) is 4.90. The molecule has 120 valence electrons. The van der Waals surface area contributed by atoms with E-state index in [-0.39, 0.29) is 11.6 Å². The van der Waals surface area contributed by atoms with Crippen LogP contribution in [0.1, 0.15) is 51.1 Å². The zero-order chi connectivity index (χ0) is 15.6. The van der Waals surface area contributed by atoms with E-state index in [2.05, 4.69) is 38.2 Å². The third-order valence-corrected chi connectivity index (χ3v) is 6.42. The lowest BCUT2D eigenvalue weighted by Gasteiger charge is -2.46. The van der Waals surface area contributed by atoms with Crippen LogP contribution in [-0.2, 0) is 0 Å². The van der Waals surface area contributed by atoms with Gasteiger partial charge in [0.2, 0.25) is 0 Å². The Hall–Kier alpha value is 0.200. The highest BCUT2D eigenvalue weighted by molar-refractivity contribution is 7.20. The number of nitrogens with one attached hydrogen (secondary N) is 1. The number of halogens is 2. The van der Waals surface area contributed by atoms with Gasteiger partial charge >= 0.3 is 0 Å². The van der Waals surface area contributed by atoms with Gasteiger partial charge in [0, 0.05) is 18.1 Å². The normalized spacial score (nSPS) is 28.0. The van der Waals surface area contributed by atoms with E-state index < -0.39 is 0 Å². The van der Waals surface area contributed by atoms with Crippen LogP contribution >= 0.6 is 34.5 Å². The minimum absolute atomic E-state index is 0.232.